The van der Waals surface area contributed by atoms with E-state index in [9.17, 15) is 122 Å². The predicted molar refractivity (Wildman–Crippen MR) is 210 cm³/mol. The summed E-state index contributed by atoms with van der Waals surface area (Å²) >= 11 is 0.917. The maximum absolute atomic E-state index is 13.4. The average molecular weight is 1240 g/mol. The van der Waals surface area contributed by atoms with Gasteiger partial charge < -0.3 is 7.43 Å². The van der Waals surface area contributed by atoms with E-state index in [0.717, 1.165) is 34.9 Å². The van der Waals surface area contributed by atoms with Crippen molar-refractivity contribution in [1.82, 2.24) is 0 Å². The molecule has 412 valence electrons. The number of rotatable bonds is 3. The molecule has 30 heteroatoms. The minimum absolute atomic E-state index is 0. The number of benzene rings is 6. The van der Waals surface area contributed by atoms with Crippen LogP contribution in [0.15, 0.2) is 0 Å². The Bertz CT molecular complexity index is 2650. The van der Waals surface area contributed by atoms with Crippen molar-refractivity contribution in [2.45, 2.75) is 64.2 Å². The van der Waals surface area contributed by atoms with Crippen LogP contribution < -0.4 is 0 Å². The molecule has 0 saturated heterocycles. The first kappa shape index (κ1) is 69.8. The van der Waals surface area contributed by atoms with Gasteiger partial charge in [0.2, 0.25) is 0 Å². The molecule has 8 rings (SSSR count). The molecule has 77 heavy (non-hydrogen) atoms. The molecule has 0 atom stereocenters. The SMILES string of the molecule is C1CCCC1.C1CCCC1.Fc1[c-]c(-c2c(F)c(F)c(F)c(F)c2F)c(F)c(F)c1F.Fc1[c-]c(-c2c(F)c(F)c(F)c(F)c2F)c(F)c(F)c1F.Fc1[c-]c(-c2c(F)c(F)c(F)c(F)c2F)c(F)c(F)c1F.[CH3-].[F][Al+2].[Zr+4]. The van der Waals surface area contributed by atoms with Crippen molar-refractivity contribution in [3.05, 3.63) is 183 Å². The van der Waals surface area contributed by atoms with Gasteiger partial charge in [-0.3, -0.25) is 26.3 Å². The summed E-state index contributed by atoms with van der Waals surface area (Å²) in [4.78, 5) is 0. The summed E-state index contributed by atoms with van der Waals surface area (Å²) in [5, 5.41) is 0. The second-order valence-electron chi connectivity index (χ2n) is 14.6. The van der Waals surface area contributed by atoms with Crippen LogP contribution in [-0.2, 0) is 26.2 Å². The zero-order valence-electron chi connectivity index (χ0n) is 37.7. The fraction of sp³-hybridized carbons (Fsp3) is 0.213. The third-order valence-corrected chi connectivity index (χ3v) is 9.98. The van der Waals surface area contributed by atoms with Crippen molar-refractivity contribution < 1.29 is 148 Å². The summed E-state index contributed by atoms with van der Waals surface area (Å²) in [5.74, 6) is -65.7. The van der Waals surface area contributed by atoms with Crippen LogP contribution in [0.25, 0.3) is 33.4 Å². The third-order valence-electron chi connectivity index (χ3n) is 9.98. The molecule has 0 spiro atoms. The van der Waals surface area contributed by atoms with E-state index in [1.807, 2.05) is 0 Å². The molecule has 6 aromatic rings. The molecular weight excluding hydrogens is 1210 g/mol. The van der Waals surface area contributed by atoms with E-state index >= 15 is 0 Å². The van der Waals surface area contributed by atoms with E-state index in [2.05, 4.69) is 0 Å². The Morgan fingerprint density at radius 3 is 0.455 bits per heavy atom. The van der Waals surface area contributed by atoms with Crippen molar-refractivity contribution in [2.24, 2.45) is 0 Å². The smallest absolute Gasteiger partial charge is 4.00 e. The summed E-state index contributed by atoms with van der Waals surface area (Å²) < 4.78 is 362. The predicted octanol–water partition coefficient (Wildman–Crippen LogP) is 17.6. The van der Waals surface area contributed by atoms with Gasteiger partial charge in [0, 0.05) is 0 Å². The van der Waals surface area contributed by atoms with Gasteiger partial charge in [0.25, 0.3) is 0 Å². The van der Waals surface area contributed by atoms with Crippen LogP contribution in [-0.4, -0.2) is 16.7 Å². The molecule has 0 heterocycles. The summed E-state index contributed by atoms with van der Waals surface area (Å²) in [5.41, 5.74) is -11.2. The molecule has 0 radical (unpaired) electrons. The van der Waals surface area contributed by atoms with Gasteiger partial charge in [-0.1, -0.05) is 99.1 Å². The Balaban J connectivity index is 0.000000512. The molecule has 2 saturated carbocycles. The summed E-state index contributed by atoms with van der Waals surface area (Å²) in [6.07, 6.45) is 15.0. The van der Waals surface area contributed by atoms with Crippen LogP contribution in [0.3, 0.4) is 0 Å². The molecule has 0 nitrogen and oxygen atoms in total. The third kappa shape index (κ3) is 15.1. The van der Waals surface area contributed by atoms with Crippen LogP contribution in [0.1, 0.15) is 64.2 Å². The van der Waals surface area contributed by atoms with Gasteiger partial charge in [0.15, 0.2) is 52.4 Å². The van der Waals surface area contributed by atoms with Crippen molar-refractivity contribution in [3.63, 3.8) is 0 Å². The van der Waals surface area contributed by atoms with Crippen LogP contribution >= 0.6 is 0 Å². The van der Waals surface area contributed by atoms with E-state index < -0.39 is 190 Å². The first-order valence-electron chi connectivity index (χ1n) is 20.1. The van der Waals surface area contributed by atoms with Crippen LogP contribution in [0.2, 0.25) is 0 Å². The molecule has 0 bridgehead atoms. The molecule has 2 aliphatic carbocycles. The number of hydrogen-bond donors (Lipinski definition) is 0. The van der Waals surface area contributed by atoms with Gasteiger partial charge in [0.05, 0.1) is 34.9 Å². The summed E-state index contributed by atoms with van der Waals surface area (Å²) in [6, 6.07) is 3.19. The Morgan fingerprint density at radius 2 is 0.312 bits per heavy atom. The van der Waals surface area contributed by atoms with Crippen LogP contribution in [0.4, 0.5) is 122 Å². The topological polar surface area (TPSA) is 0 Å². The zero-order chi connectivity index (χ0) is 57.2. The van der Waals surface area contributed by atoms with Gasteiger partial charge in [-0.2, -0.15) is 0 Å². The van der Waals surface area contributed by atoms with Crippen molar-refractivity contribution in [1.29, 1.82) is 0 Å². The van der Waals surface area contributed by atoms with E-state index in [1.165, 1.54) is 64.2 Å². The fourth-order valence-electron chi connectivity index (χ4n) is 6.32. The Kier molecular flexibility index (Phi) is 27.4. The Morgan fingerprint density at radius 1 is 0.195 bits per heavy atom. The summed E-state index contributed by atoms with van der Waals surface area (Å²) in [7, 11) is 0. The molecule has 0 unspecified atom stereocenters. The van der Waals surface area contributed by atoms with Crippen molar-refractivity contribution in [3.8, 4) is 33.4 Å². The van der Waals surface area contributed by atoms with E-state index in [4.69, 9.17) is 0 Å². The van der Waals surface area contributed by atoms with Crippen molar-refractivity contribution in [2.75, 3.05) is 0 Å². The van der Waals surface area contributed by atoms with Crippen molar-refractivity contribution >= 4 is 16.7 Å². The summed E-state index contributed by atoms with van der Waals surface area (Å²) in [6.45, 7) is 0. The zero-order valence-corrected chi connectivity index (χ0v) is 41.3. The standard InChI is InChI=1S/3C12F9.2C5H10.CH3.Al.FH.Zr/c3*13-3-1-2(5(14)9(18)6(3)15)4-7(16)10(19)12(21)11(20)8(4)17;2*1-2-4-5-3-1;;;;/h;;;2*1-5H2;1H3;;1H;/q3*-1;;;-1;+3;;+4/p-1. The monoisotopic (exact) mass is 1240 g/mol. The van der Waals surface area contributed by atoms with E-state index in [1.54, 1.807) is 0 Å². The van der Waals surface area contributed by atoms with Gasteiger partial charge in [-0.05, 0) is 16.7 Å². The quantitative estimate of drug-likeness (QED) is 0.0545. The first-order valence-corrected chi connectivity index (χ1v) is 20.5. The average Bonchev–Trinajstić information content (AvgIpc) is 4.20. The van der Waals surface area contributed by atoms with Gasteiger partial charge >= 0.3 is 46.5 Å². The second-order valence-corrected chi connectivity index (χ2v) is 14.6. The largest absolute Gasteiger partial charge is 4.00 e. The van der Waals surface area contributed by atoms with E-state index in [0.29, 0.717) is 0 Å². The molecule has 0 aliphatic heterocycles. The molecule has 0 amide bonds. The molecule has 6 aromatic carbocycles. The minimum Gasteiger partial charge on any atom is 4.00 e. The molecular formula is C47H23AlF28Zr+2. The molecule has 0 aromatic heterocycles. The molecule has 2 fully saturated rings. The molecule has 2 aliphatic rings. The normalized spacial score (nSPS) is 12.3. The van der Waals surface area contributed by atoms with Gasteiger partial charge in [-0.25, -0.2) is 92.2 Å². The number of halogens is 28. The Labute approximate surface area is 443 Å². The first-order chi connectivity index (χ1) is 35.0. The number of hydrogen-bond acceptors (Lipinski definition) is 0. The van der Waals surface area contributed by atoms with Gasteiger partial charge in [-0.15, -0.1) is 0 Å². The van der Waals surface area contributed by atoms with E-state index in [-0.39, 0.29) is 33.6 Å². The molecule has 0 N–H and O–H groups in total. The Hall–Kier alpha value is -5.22. The fourth-order valence-corrected chi connectivity index (χ4v) is 6.32. The minimum atomic E-state index is -2.54. The maximum Gasteiger partial charge on any atom is 4.00 e. The van der Waals surface area contributed by atoms with Gasteiger partial charge in [0.1, 0.15) is 69.8 Å². The second kappa shape index (κ2) is 30.2. The van der Waals surface area contributed by atoms with Crippen LogP contribution in [0, 0.1) is 183 Å². The maximum atomic E-state index is 13.4. The van der Waals surface area contributed by atoms with Crippen LogP contribution in [0.5, 0.6) is 0 Å².